The summed E-state index contributed by atoms with van der Waals surface area (Å²) in [5, 5.41) is 5.03. The molecule has 19 heavy (non-hydrogen) atoms. The zero-order valence-corrected chi connectivity index (χ0v) is 14.4. The fourth-order valence-electron chi connectivity index (χ4n) is 3.15. The molecule has 0 amide bonds. The minimum atomic E-state index is -0.607. The summed E-state index contributed by atoms with van der Waals surface area (Å²) in [5.41, 5.74) is 0. The van der Waals surface area contributed by atoms with Crippen LogP contribution in [0.3, 0.4) is 0 Å². The molecule has 0 bridgehead atoms. The first kappa shape index (κ1) is 15.1. The van der Waals surface area contributed by atoms with Gasteiger partial charge in [0.2, 0.25) is 0 Å². The van der Waals surface area contributed by atoms with Gasteiger partial charge in [0.25, 0.3) is 0 Å². The highest BCUT2D eigenvalue weighted by Gasteiger charge is 2.30. The third-order valence-electron chi connectivity index (χ3n) is 4.70. The third-order valence-corrected chi connectivity index (χ3v) is 12.8. The molecule has 0 radical (unpaired) electrons. The summed E-state index contributed by atoms with van der Waals surface area (Å²) in [6.07, 6.45) is 10.7. The van der Waals surface area contributed by atoms with Crippen LogP contribution in [0.1, 0.15) is 34.1 Å². The molecule has 2 rings (SSSR count). The van der Waals surface area contributed by atoms with E-state index in [4.69, 9.17) is 0 Å². The van der Waals surface area contributed by atoms with Crippen molar-refractivity contribution in [2.24, 2.45) is 0 Å². The van der Waals surface area contributed by atoms with Crippen molar-refractivity contribution in [3.8, 4) is 0 Å². The number of hydrogen-bond donors (Lipinski definition) is 0. The average Bonchev–Trinajstić information content (AvgIpc) is 3.04. The first-order valence-corrected chi connectivity index (χ1v) is 11.5. The Morgan fingerprint density at radius 2 is 1.05 bits per heavy atom. The van der Waals surface area contributed by atoms with Crippen molar-refractivity contribution in [2.75, 3.05) is 23.0 Å². The van der Waals surface area contributed by atoms with E-state index in [1.165, 1.54) is 29.4 Å². The maximum absolute atomic E-state index is 2.51. The highest BCUT2D eigenvalue weighted by molar-refractivity contribution is 8.40. The molecule has 0 saturated carbocycles. The Bertz CT molecular complexity index is 402. The van der Waals surface area contributed by atoms with Crippen LogP contribution in [0.5, 0.6) is 0 Å². The van der Waals surface area contributed by atoms with Gasteiger partial charge >= 0.3 is 0 Å². The van der Waals surface area contributed by atoms with E-state index in [9.17, 15) is 0 Å². The number of hydrogen-bond acceptors (Lipinski definition) is 0. The van der Waals surface area contributed by atoms with Crippen molar-refractivity contribution in [1.29, 1.82) is 0 Å². The smallest absolute Gasteiger partial charge is 0.00706 e. The Balaban J connectivity index is 2.19. The standard InChI is InChI=1S/C17H28S2/c1-5-18(6-2)13-9-11-16(18)15-17-12-10-14-19(17,7-3)8-4/h9-14H,5-8,15H2,1-4H3. The minimum absolute atomic E-state index is 0.607. The topological polar surface area (TPSA) is 0 Å². The molecule has 108 valence electrons. The predicted molar refractivity (Wildman–Crippen MR) is 96.4 cm³/mol. The molecule has 0 aromatic rings. The maximum atomic E-state index is 2.51. The monoisotopic (exact) mass is 296 g/mol. The van der Waals surface area contributed by atoms with Crippen LogP contribution in [0.4, 0.5) is 0 Å². The molecule has 0 aromatic heterocycles. The van der Waals surface area contributed by atoms with Crippen molar-refractivity contribution in [3.05, 3.63) is 44.9 Å². The lowest BCUT2D eigenvalue weighted by molar-refractivity contribution is 1.28. The van der Waals surface area contributed by atoms with Gasteiger partial charge in [-0.2, -0.15) is 20.1 Å². The summed E-state index contributed by atoms with van der Waals surface area (Å²) in [6, 6.07) is 0. The first-order chi connectivity index (χ1) is 9.16. The second-order valence-corrected chi connectivity index (χ2v) is 12.8. The highest BCUT2D eigenvalue weighted by atomic mass is 32.3. The molecule has 0 aromatic carbocycles. The summed E-state index contributed by atoms with van der Waals surface area (Å²) in [6.45, 7) is 9.46. The molecular formula is C17H28S2. The molecule has 2 aliphatic rings. The van der Waals surface area contributed by atoms with Crippen molar-refractivity contribution in [2.45, 2.75) is 34.1 Å². The van der Waals surface area contributed by atoms with E-state index in [0.717, 1.165) is 0 Å². The van der Waals surface area contributed by atoms with E-state index in [-0.39, 0.29) is 0 Å². The lowest BCUT2D eigenvalue weighted by Crippen LogP contribution is -2.08. The Morgan fingerprint density at radius 1 is 0.684 bits per heavy atom. The quantitative estimate of drug-likeness (QED) is 0.573. The molecule has 2 heterocycles. The molecule has 0 aliphatic carbocycles. The summed E-state index contributed by atoms with van der Waals surface area (Å²) in [4.78, 5) is 3.46. The summed E-state index contributed by atoms with van der Waals surface area (Å²) < 4.78 is 0. The lowest BCUT2D eigenvalue weighted by Gasteiger charge is -2.40. The maximum Gasteiger partial charge on any atom is 0.00706 e. The normalized spacial score (nSPS) is 26.1. The van der Waals surface area contributed by atoms with Crippen molar-refractivity contribution in [1.82, 2.24) is 0 Å². The summed E-state index contributed by atoms with van der Waals surface area (Å²) in [7, 11) is -1.21. The zero-order chi connectivity index (χ0) is 13.9. The molecular weight excluding hydrogens is 268 g/mol. The van der Waals surface area contributed by atoms with Crippen molar-refractivity contribution in [3.63, 3.8) is 0 Å². The lowest BCUT2D eigenvalue weighted by atomic mass is 10.3. The van der Waals surface area contributed by atoms with Gasteiger partial charge in [-0.05, 0) is 43.6 Å². The predicted octanol–water partition coefficient (Wildman–Crippen LogP) is 5.89. The van der Waals surface area contributed by atoms with Gasteiger partial charge in [-0.3, -0.25) is 0 Å². The summed E-state index contributed by atoms with van der Waals surface area (Å²) in [5.74, 6) is 5.25. The molecule has 0 spiro atoms. The minimum Gasteiger partial charge on any atom is -0.198 e. The Labute approximate surface area is 122 Å². The van der Waals surface area contributed by atoms with Crippen LogP contribution >= 0.6 is 20.1 Å². The molecule has 0 unspecified atom stereocenters. The van der Waals surface area contributed by atoms with Crippen LogP contribution in [-0.2, 0) is 0 Å². The van der Waals surface area contributed by atoms with Gasteiger partial charge in [-0.25, -0.2) is 0 Å². The second kappa shape index (κ2) is 5.97. The zero-order valence-electron chi connectivity index (χ0n) is 12.8. The van der Waals surface area contributed by atoms with E-state index < -0.39 is 20.1 Å². The molecule has 0 N–H and O–H groups in total. The Kier molecular flexibility index (Phi) is 4.73. The van der Waals surface area contributed by atoms with Crippen LogP contribution in [0.25, 0.3) is 0 Å². The molecule has 2 aliphatic heterocycles. The van der Waals surface area contributed by atoms with Gasteiger partial charge in [0.1, 0.15) is 0 Å². The van der Waals surface area contributed by atoms with Crippen LogP contribution in [0.15, 0.2) is 44.9 Å². The van der Waals surface area contributed by atoms with Gasteiger partial charge in [0.05, 0.1) is 0 Å². The highest BCUT2D eigenvalue weighted by Crippen LogP contribution is 2.66. The van der Waals surface area contributed by atoms with E-state index >= 15 is 0 Å². The third kappa shape index (κ3) is 2.50. The summed E-state index contributed by atoms with van der Waals surface area (Å²) >= 11 is 0. The molecule has 0 atom stereocenters. The van der Waals surface area contributed by atoms with Crippen LogP contribution in [0.2, 0.25) is 0 Å². The first-order valence-electron chi connectivity index (χ1n) is 7.48. The molecule has 0 nitrogen and oxygen atoms in total. The number of rotatable bonds is 6. The molecule has 0 fully saturated rings. The van der Waals surface area contributed by atoms with Crippen LogP contribution in [-0.4, -0.2) is 23.0 Å². The van der Waals surface area contributed by atoms with Crippen LogP contribution < -0.4 is 0 Å². The van der Waals surface area contributed by atoms with E-state index in [1.54, 1.807) is 9.81 Å². The van der Waals surface area contributed by atoms with Gasteiger partial charge in [-0.1, -0.05) is 52.0 Å². The van der Waals surface area contributed by atoms with Gasteiger partial charge in [0, 0.05) is 6.42 Å². The van der Waals surface area contributed by atoms with E-state index in [0.29, 0.717) is 0 Å². The Morgan fingerprint density at radius 3 is 1.37 bits per heavy atom. The van der Waals surface area contributed by atoms with Crippen LogP contribution in [0, 0.1) is 0 Å². The fourth-order valence-corrected chi connectivity index (χ4v) is 9.01. The molecule has 0 saturated heterocycles. The SMILES string of the molecule is CCS1(CC)C=CC=C1CC1=CC=CS1(CC)CC. The van der Waals surface area contributed by atoms with E-state index in [2.05, 4.69) is 62.8 Å². The van der Waals surface area contributed by atoms with Gasteiger partial charge in [0.15, 0.2) is 0 Å². The van der Waals surface area contributed by atoms with E-state index in [1.807, 2.05) is 0 Å². The largest absolute Gasteiger partial charge is 0.198 e. The van der Waals surface area contributed by atoms with Crippen molar-refractivity contribution < 1.29 is 0 Å². The average molecular weight is 297 g/mol. The van der Waals surface area contributed by atoms with Gasteiger partial charge < -0.3 is 0 Å². The molecule has 2 heteroatoms. The second-order valence-electron chi connectivity index (χ2n) is 5.14. The fraction of sp³-hybridized carbons (Fsp3) is 0.529. The number of allylic oxidation sites excluding steroid dienone is 6. The van der Waals surface area contributed by atoms with Gasteiger partial charge in [-0.15, -0.1) is 0 Å². The van der Waals surface area contributed by atoms with Crippen molar-refractivity contribution >= 4 is 20.1 Å². The Hall–Kier alpha value is -0.340.